The first-order valence-electron chi connectivity index (χ1n) is 7.53. The van der Waals surface area contributed by atoms with Crippen molar-refractivity contribution in [1.29, 1.82) is 0 Å². The molecule has 8 heteroatoms. The number of carbonyl (C=O) groups is 1. The van der Waals surface area contributed by atoms with Crippen LogP contribution in [0.3, 0.4) is 0 Å². The standard InChI is InChI=1S/C18H13F3N2O2S/c19-18(20,21)13-4-1-3-12(9-13)10-15-11-22-17(26-15)23-16(24)7-6-14-5-2-8-25-14/h1-9,11H,10H2,(H,22,23,24). The quantitative estimate of drug-likeness (QED) is 0.636. The van der Waals surface area contributed by atoms with E-state index in [2.05, 4.69) is 10.3 Å². The number of alkyl halides is 3. The highest BCUT2D eigenvalue weighted by Crippen LogP contribution is 2.30. The lowest BCUT2D eigenvalue weighted by molar-refractivity contribution is -0.137. The summed E-state index contributed by atoms with van der Waals surface area (Å²) >= 11 is 1.21. The molecule has 0 aliphatic heterocycles. The van der Waals surface area contributed by atoms with Crippen LogP contribution >= 0.6 is 11.3 Å². The first-order chi connectivity index (χ1) is 12.4. The van der Waals surface area contributed by atoms with Gasteiger partial charge in [0.2, 0.25) is 5.91 Å². The maximum absolute atomic E-state index is 12.8. The van der Waals surface area contributed by atoms with Gasteiger partial charge in [0, 0.05) is 23.6 Å². The van der Waals surface area contributed by atoms with Gasteiger partial charge in [0.15, 0.2) is 5.13 Å². The zero-order chi connectivity index (χ0) is 18.6. The van der Waals surface area contributed by atoms with Gasteiger partial charge in [0.05, 0.1) is 11.8 Å². The average Bonchev–Trinajstić information content (AvgIpc) is 3.24. The summed E-state index contributed by atoms with van der Waals surface area (Å²) in [7, 11) is 0. The van der Waals surface area contributed by atoms with Crippen molar-refractivity contribution < 1.29 is 22.4 Å². The van der Waals surface area contributed by atoms with Crippen LogP contribution in [0.15, 0.2) is 59.4 Å². The first-order valence-corrected chi connectivity index (χ1v) is 8.35. The highest BCUT2D eigenvalue weighted by atomic mass is 32.1. The van der Waals surface area contributed by atoms with Crippen molar-refractivity contribution in [3.05, 3.63) is 76.7 Å². The van der Waals surface area contributed by atoms with E-state index in [1.54, 1.807) is 18.2 Å². The second kappa shape index (κ2) is 7.57. The van der Waals surface area contributed by atoms with E-state index in [1.807, 2.05) is 0 Å². The number of carbonyl (C=O) groups excluding carboxylic acids is 1. The fraction of sp³-hybridized carbons (Fsp3) is 0.111. The topological polar surface area (TPSA) is 55.1 Å². The number of hydrogen-bond acceptors (Lipinski definition) is 4. The molecule has 0 spiro atoms. The molecule has 134 valence electrons. The smallest absolute Gasteiger partial charge is 0.416 e. The number of rotatable bonds is 5. The number of anilines is 1. The van der Waals surface area contributed by atoms with Crippen LogP contribution < -0.4 is 5.32 Å². The number of nitrogens with zero attached hydrogens (tertiary/aromatic N) is 1. The molecule has 0 aliphatic rings. The molecule has 1 N–H and O–H groups in total. The minimum atomic E-state index is -4.37. The highest BCUT2D eigenvalue weighted by Gasteiger charge is 2.30. The molecule has 0 atom stereocenters. The molecule has 0 aliphatic carbocycles. The third-order valence-corrected chi connectivity index (χ3v) is 4.27. The lowest BCUT2D eigenvalue weighted by Crippen LogP contribution is -2.06. The van der Waals surface area contributed by atoms with Gasteiger partial charge in [-0.1, -0.05) is 18.2 Å². The SMILES string of the molecule is O=C(C=Cc1ccco1)Nc1ncc(Cc2cccc(C(F)(F)F)c2)s1. The van der Waals surface area contributed by atoms with Crippen LogP contribution in [-0.4, -0.2) is 10.9 Å². The number of thiazole rings is 1. The number of furan rings is 1. The van der Waals surface area contributed by atoms with Gasteiger partial charge in [-0.05, 0) is 29.8 Å². The maximum atomic E-state index is 12.8. The van der Waals surface area contributed by atoms with Gasteiger partial charge in [-0.15, -0.1) is 11.3 Å². The summed E-state index contributed by atoms with van der Waals surface area (Å²) in [6.07, 6.45) is 1.80. The Balaban J connectivity index is 1.62. The molecule has 0 radical (unpaired) electrons. The predicted molar refractivity (Wildman–Crippen MR) is 92.7 cm³/mol. The summed E-state index contributed by atoms with van der Waals surface area (Å²) < 4.78 is 43.4. The lowest BCUT2D eigenvalue weighted by Gasteiger charge is -2.07. The third kappa shape index (κ3) is 4.82. The number of hydrogen-bond donors (Lipinski definition) is 1. The monoisotopic (exact) mass is 378 g/mol. The molecule has 3 rings (SSSR count). The molecule has 0 saturated carbocycles. The summed E-state index contributed by atoms with van der Waals surface area (Å²) in [6.45, 7) is 0. The fourth-order valence-corrected chi connectivity index (χ4v) is 3.05. The van der Waals surface area contributed by atoms with Gasteiger partial charge in [0.1, 0.15) is 5.76 Å². The van der Waals surface area contributed by atoms with Gasteiger partial charge in [-0.2, -0.15) is 13.2 Å². The largest absolute Gasteiger partial charge is 0.465 e. The summed E-state index contributed by atoms with van der Waals surface area (Å²) in [5, 5.41) is 2.98. The van der Waals surface area contributed by atoms with Gasteiger partial charge in [-0.25, -0.2) is 4.98 Å². The number of aromatic nitrogens is 1. The average molecular weight is 378 g/mol. The fourth-order valence-electron chi connectivity index (χ4n) is 2.20. The first kappa shape index (κ1) is 17.9. The molecule has 2 heterocycles. The second-order valence-electron chi connectivity index (χ2n) is 5.34. The zero-order valence-corrected chi connectivity index (χ0v) is 14.1. The van der Waals surface area contributed by atoms with Crippen molar-refractivity contribution in [2.75, 3.05) is 5.32 Å². The molecule has 2 aromatic heterocycles. The van der Waals surface area contributed by atoms with Gasteiger partial charge >= 0.3 is 6.18 Å². The van der Waals surface area contributed by atoms with E-state index in [-0.39, 0.29) is 5.91 Å². The number of benzene rings is 1. The van der Waals surface area contributed by atoms with E-state index in [0.29, 0.717) is 22.9 Å². The van der Waals surface area contributed by atoms with Crippen LogP contribution in [0.2, 0.25) is 0 Å². The van der Waals surface area contributed by atoms with E-state index in [1.165, 1.54) is 42.0 Å². The number of nitrogens with one attached hydrogen (secondary N) is 1. The van der Waals surface area contributed by atoms with Crippen molar-refractivity contribution in [3.8, 4) is 0 Å². The summed E-state index contributed by atoms with van der Waals surface area (Å²) in [5.41, 5.74) is -0.157. The molecular weight excluding hydrogens is 365 g/mol. The molecule has 0 unspecified atom stereocenters. The van der Waals surface area contributed by atoms with E-state index in [9.17, 15) is 18.0 Å². The molecule has 1 aromatic carbocycles. The van der Waals surface area contributed by atoms with Crippen LogP contribution in [-0.2, 0) is 17.4 Å². The Labute approximate surface area is 151 Å². The van der Waals surface area contributed by atoms with Gasteiger partial charge in [0.25, 0.3) is 0 Å². The Morgan fingerprint density at radius 1 is 1.27 bits per heavy atom. The number of amides is 1. The Morgan fingerprint density at radius 3 is 2.85 bits per heavy atom. The summed E-state index contributed by atoms with van der Waals surface area (Å²) in [5.74, 6) is 0.172. The Kier molecular flexibility index (Phi) is 5.22. The van der Waals surface area contributed by atoms with E-state index in [4.69, 9.17) is 4.42 Å². The molecule has 0 saturated heterocycles. The molecule has 1 amide bonds. The second-order valence-corrected chi connectivity index (χ2v) is 6.46. The molecule has 26 heavy (non-hydrogen) atoms. The predicted octanol–water partition coefficient (Wildman–Crippen LogP) is 5.00. The van der Waals surface area contributed by atoms with Crippen LogP contribution in [0, 0.1) is 0 Å². The molecule has 0 bridgehead atoms. The number of halogens is 3. The van der Waals surface area contributed by atoms with Crippen LogP contribution in [0.5, 0.6) is 0 Å². The van der Waals surface area contributed by atoms with Crippen molar-refractivity contribution >= 4 is 28.5 Å². The molecule has 3 aromatic rings. The van der Waals surface area contributed by atoms with Crippen molar-refractivity contribution in [3.63, 3.8) is 0 Å². The van der Waals surface area contributed by atoms with Gasteiger partial charge in [-0.3, -0.25) is 10.1 Å². The molecular formula is C18H13F3N2O2S. The van der Waals surface area contributed by atoms with Crippen molar-refractivity contribution in [2.24, 2.45) is 0 Å². The summed E-state index contributed by atoms with van der Waals surface area (Å²) in [4.78, 5) is 16.7. The normalized spacial score (nSPS) is 11.8. The molecule has 0 fully saturated rings. The van der Waals surface area contributed by atoms with E-state index in [0.717, 1.165) is 17.0 Å². The maximum Gasteiger partial charge on any atom is 0.416 e. The Bertz CT molecular complexity index is 915. The van der Waals surface area contributed by atoms with Crippen LogP contribution in [0.1, 0.15) is 21.8 Å². The van der Waals surface area contributed by atoms with Crippen molar-refractivity contribution in [2.45, 2.75) is 12.6 Å². The van der Waals surface area contributed by atoms with Gasteiger partial charge < -0.3 is 4.42 Å². The molecule has 4 nitrogen and oxygen atoms in total. The minimum absolute atomic E-state index is 0.305. The van der Waals surface area contributed by atoms with Crippen molar-refractivity contribution in [1.82, 2.24) is 4.98 Å². The van der Waals surface area contributed by atoms with E-state index < -0.39 is 11.7 Å². The lowest BCUT2D eigenvalue weighted by atomic mass is 10.1. The highest BCUT2D eigenvalue weighted by molar-refractivity contribution is 7.15. The Hall–Kier alpha value is -2.87. The van der Waals surface area contributed by atoms with E-state index >= 15 is 0 Å². The van der Waals surface area contributed by atoms with Crippen LogP contribution in [0.4, 0.5) is 18.3 Å². The summed E-state index contributed by atoms with van der Waals surface area (Å²) in [6, 6.07) is 8.57. The third-order valence-electron chi connectivity index (χ3n) is 3.36. The van der Waals surface area contributed by atoms with Crippen LogP contribution in [0.25, 0.3) is 6.08 Å². The Morgan fingerprint density at radius 2 is 2.12 bits per heavy atom. The zero-order valence-electron chi connectivity index (χ0n) is 13.3. The minimum Gasteiger partial charge on any atom is -0.465 e.